The van der Waals surface area contributed by atoms with Gasteiger partial charge < -0.3 is 9.64 Å². The van der Waals surface area contributed by atoms with Crippen LogP contribution in [0, 0.1) is 5.82 Å². The topological polar surface area (TPSA) is 81.5 Å². The Balaban J connectivity index is 1.74. The number of carbonyl (C=O) groups excluding carboxylic acids is 1. The molecule has 1 atom stereocenters. The van der Waals surface area contributed by atoms with E-state index in [1.807, 2.05) is 0 Å². The summed E-state index contributed by atoms with van der Waals surface area (Å²) in [5.74, 6) is -0.333. The van der Waals surface area contributed by atoms with E-state index in [4.69, 9.17) is 10.3 Å². The van der Waals surface area contributed by atoms with Crippen LogP contribution in [0.25, 0.3) is 10.4 Å². The summed E-state index contributed by atoms with van der Waals surface area (Å²) in [6.07, 6.45) is 3.46. The molecule has 0 radical (unpaired) electrons. The number of hydrogen-bond donors (Lipinski definition) is 0. The number of ether oxygens (including phenoxy) is 1. The average molecular weight is 333 g/mol. The van der Waals surface area contributed by atoms with Gasteiger partial charge in [0.1, 0.15) is 11.9 Å². The van der Waals surface area contributed by atoms with Gasteiger partial charge in [-0.25, -0.2) is 9.18 Å². The van der Waals surface area contributed by atoms with Crippen molar-refractivity contribution in [3.63, 3.8) is 0 Å². The number of hydrogen-bond acceptors (Lipinski definition) is 4. The Kier molecular flexibility index (Phi) is 5.05. The predicted molar refractivity (Wildman–Crippen MR) is 88.7 cm³/mol. The van der Waals surface area contributed by atoms with Gasteiger partial charge in [-0.05, 0) is 36.6 Å². The van der Waals surface area contributed by atoms with Gasteiger partial charge in [0.15, 0.2) is 0 Å². The molecule has 7 nitrogen and oxygen atoms in total. The Morgan fingerprint density at radius 2 is 2.04 bits per heavy atom. The SMILES string of the molecule is [N-]=[N+]=NC[C@H]1CN(c2ccc(N3CCCCCC3)c(F)c2)C(=O)O1. The molecule has 2 saturated heterocycles. The van der Waals surface area contributed by atoms with Gasteiger partial charge in [0.2, 0.25) is 0 Å². The maximum absolute atomic E-state index is 14.6. The van der Waals surface area contributed by atoms with Crippen molar-refractivity contribution in [2.75, 3.05) is 36.0 Å². The summed E-state index contributed by atoms with van der Waals surface area (Å²) < 4.78 is 19.7. The minimum atomic E-state index is -0.546. The Labute approximate surface area is 139 Å². The van der Waals surface area contributed by atoms with Crippen molar-refractivity contribution in [1.82, 2.24) is 0 Å². The number of amides is 1. The second-order valence-electron chi connectivity index (χ2n) is 6.07. The highest BCUT2D eigenvalue weighted by molar-refractivity contribution is 5.90. The molecule has 128 valence electrons. The molecule has 1 aromatic carbocycles. The first-order valence-electron chi connectivity index (χ1n) is 8.22. The van der Waals surface area contributed by atoms with Gasteiger partial charge in [-0.1, -0.05) is 18.0 Å². The van der Waals surface area contributed by atoms with Gasteiger partial charge in [0.25, 0.3) is 0 Å². The predicted octanol–water partition coefficient (Wildman–Crippen LogP) is 3.84. The summed E-state index contributed by atoms with van der Waals surface area (Å²) in [5, 5.41) is 3.41. The van der Waals surface area contributed by atoms with Gasteiger partial charge in [-0.2, -0.15) is 0 Å². The molecule has 0 aliphatic carbocycles. The third-order valence-electron chi connectivity index (χ3n) is 4.41. The third kappa shape index (κ3) is 3.54. The zero-order valence-corrected chi connectivity index (χ0v) is 13.4. The van der Waals surface area contributed by atoms with E-state index in [1.165, 1.54) is 23.8 Å². The van der Waals surface area contributed by atoms with Gasteiger partial charge >= 0.3 is 6.09 Å². The fourth-order valence-electron chi connectivity index (χ4n) is 3.19. The van der Waals surface area contributed by atoms with E-state index < -0.39 is 12.2 Å². The smallest absolute Gasteiger partial charge is 0.414 e. The summed E-state index contributed by atoms with van der Waals surface area (Å²) >= 11 is 0. The lowest BCUT2D eigenvalue weighted by Crippen LogP contribution is -2.27. The van der Waals surface area contributed by atoms with Gasteiger partial charge in [-0.15, -0.1) is 0 Å². The number of rotatable bonds is 4. The van der Waals surface area contributed by atoms with Crippen molar-refractivity contribution in [3.8, 4) is 0 Å². The summed E-state index contributed by atoms with van der Waals surface area (Å²) in [7, 11) is 0. The molecule has 0 spiro atoms. The highest BCUT2D eigenvalue weighted by Crippen LogP contribution is 2.29. The number of benzene rings is 1. The number of halogens is 1. The average Bonchev–Trinajstić information content (AvgIpc) is 2.77. The van der Waals surface area contributed by atoms with Crippen LogP contribution in [0.15, 0.2) is 23.3 Å². The quantitative estimate of drug-likeness (QED) is 0.477. The molecule has 0 bridgehead atoms. The molecule has 8 heteroatoms. The number of carbonyl (C=O) groups is 1. The largest absolute Gasteiger partial charge is 0.444 e. The maximum atomic E-state index is 14.6. The van der Waals surface area contributed by atoms with E-state index in [2.05, 4.69) is 14.9 Å². The lowest BCUT2D eigenvalue weighted by Gasteiger charge is -2.24. The van der Waals surface area contributed by atoms with Crippen LogP contribution in [-0.4, -0.2) is 38.4 Å². The van der Waals surface area contributed by atoms with Gasteiger partial charge in [-0.3, -0.25) is 4.90 Å². The van der Waals surface area contributed by atoms with Crippen molar-refractivity contribution in [3.05, 3.63) is 34.5 Å². The molecule has 3 rings (SSSR count). The highest BCUT2D eigenvalue weighted by Gasteiger charge is 2.32. The van der Waals surface area contributed by atoms with Crippen LogP contribution >= 0.6 is 0 Å². The number of anilines is 2. The van der Waals surface area contributed by atoms with Crippen molar-refractivity contribution in [2.45, 2.75) is 31.8 Å². The summed E-state index contributed by atoms with van der Waals surface area (Å²) in [6.45, 7) is 2.04. The zero-order chi connectivity index (χ0) is 16.9. The van der Waals surface area contributed by atoms with Crippen LogP contribution in [0.5, 0.6) is 0 Å². The molecule has 0 aromatic heterocycles. The van der Waals surface area contributed by atoms with Crippen LogP contribution in [0.1, 0.15) is 25.7 Å². The second kappa shape index (κ2) is 7.40. The summed E-state index contributed by atoms with van der Waals surface area (Å²) in [6, 6.07) is 4.84. The van der Waals surface area contributed by atoms with E-state index in [-0.39, 0.29) is 18.9 Å². The highest BCUT2D eigenvalue weighted by atomic mass is 19.1. The first-order valence-corrected chi connectivity index (χ1v) is 8.22. The molecule has 1 amide bonds. The Hall–Kier alpha value is -2.47. The normalized spacial score (nSPS) is 21.2. The van der Waals surface area contributed by atoms with Crippen molar-refractivity contribution < 1.29 is 13.9 Å². The number of azide groups is 1. The van der Waals surface area contributed by atoms with Crippen LogP contribution in [0.3, 0.4) is 0 Å². The molecular weight excluding hydrogens is 313 g/mol. The number of cyclic esters (lactones) is 1. The van der Waals surface area contributed by atoms with E-state index in [0.717, 1.165) is 25.9 Å². The van der Waals surface area contributed by atoms with Gasteiger partial charge in [0.05, 0.1) is 24.5 Å². The van der Waals surface area contributed by atoms with E-state index in [1.54, 1.807) is 12.1 Å². The molecule has 2 heterocycles. The van der Waals surface area contributed by atoms with Crippen molar-refractivity contribution in [2.24, 2.45) is 5.11 Å². The molecule has 2 fully saturated rings. The molecule has 2 aliphatic heterocycles. The molecule has 2 aliphatic rings. The van der Waals surface area contributed by atoms with Crippen LogP contribution < -0.4 is 9.80 Å². The molecule has 0 N–H and O–H groups in total. The first-order chi connectivity index (χ1) is 11.7. The second-order valence-corrected chi connectivity index (χ2v) is 6.07. The minimum absolute atomic E-state index is 0.0765. The molecule has 24 heavy (non-hydrogen) atoms. The van der Waals surface area contributed by atoms with Crippen LogP contribution in [0.4, 0.5) is 20.6 Å². The van der Waals surface area contributed by atoms with Crippen LogP contribution in [0.2, 0.25) is 0 Å². The number of nitrogens with zero attached hydrogens (tertiary/aromatic N) is 5. The zero-order valence-electron chi connectivity index (χ0n) is 13.4. The Bertz CT molecular complexity index is 654. The van der Waals surface area contributed by atoms with E-state index in [0.29, 0.717) is 11.4 Å². The monoisotopic (exact) mass is 333 g/mol. The van der Waals surface area contributed by atoms with Crippen molar-refractivity contribution in [1.29, 1.82) is 0 Å². The Morgan fingerprint density at radius 3 is 2.71 bits per heavy atom. The lowest BCUT2D eigenvalue weighted by atomic mass is 10.2. The Morgan fingerprint density at radius 1 is 1.29 bits per heavy atom. The first kappa shape index (κ1) is 16.4. The lowest BCUT2D eigenvalue weighted by molar-refractivity contribution is 0.145. The fraction of sp³-hybridized carbons (Fsp3) is 0.562. The van der Waals surface area contributed by atoms with Crippen molar-refractivity contribution >= 4 is 17.5 Å². The molecule has 0 unspecified atom stereocenters. The van der Waals surface area contributed by atoms with E-state index >= 15 is 0 Å². The molecule has 0 saturated carbocycles. The maximum Gasteiger partial charge on any atom is 0.414 e. The molecule has 1 aromatic rings. The van der Waals surface area contributed by atoms with Crippen LogP contribution in [-0.2, 0) is 4.74 Å². The van der Waals surface area contributed by atoms with E-state index in [9.17, 15) is 9.18 Å². The standard InChI is InChI=1S/C16H20FN5O2/c17-14-9-12(22-11-13(10-19-20-18)24-16(22)23)5-6-15(14)21-7-3-1-2-4-8-21/h5-6,9,13H,1-4,7-8,10-11H2/t13-/m0/s1. The summed E-state index contributed by atoms with van der Waals surface area (Å²) in [4.78, 5) is 18.0. The third-order valence-corrected chi connectivity index (χ3v) is 4.41. The fourth-order valence-corrected chi connectivity index (χ4v) is 3.19. The molecular formula is C16H20FN5O2. The minimum Gasteiger partial charge on any atom is -0.444 e. The van der Waals surface area contributed by atoms with Gasteiger partial charge in [0, 0.05) is 18.0 Å². The summed E-state index contributed by atoms with van der Waals surface area (Å²) in [5.41, 5.74) is 9.38.